The molecular formula is C16H16N4S. The van der Waals surface area contributed by atoms with E-state index in [4.69, 9.17) is 5.10 Å². The number of thiophene rings is 1. The lowest BCUT2D eigenvalue weighted by Gasteiger charge is -2.25. The molecule has 1 aliphatic rings. The fraction of sp³-hybridized carbons (Fsp3) is 0.250. The van der Waals surface area contributed by atoms with Crippen LogP contribution in [-0.2, 0) is 0 Å². The molecule has 4 rings (SSSR count). The third kappa shape index (κ3) is 2.23. The van der Waals surface area contributed by atoms with E-state index in [1.165, 1.54) is 9.75 Å². The molecule has 0 spiro atoms. The lowest BCUT2D eigenvalue weighted by Crippen LogP contribution is -2.24. The Labute approximate surface area is 127 Å². The topological polar surface area (TPSA) is 42.7 Å². The maximum Gasteiger partial charge on any atom is 0.125 e. The monoisotopic (exact) mass is 296 g/mol. The molecule has 21 heavy (non-hydrogen) atoms. The van der Waals surface area contributed by atoms with Gasteiger partial charge in [0.05, 0.1) is 16.6 Å². The zero-order valence-corrected chi connectivity index (χ0v) is 12.6. The van der Waals surface area contributed by atoms with Gasteiger partial charge in [0, 0.05) is 23.7 Å². The van der Waals surface area contributed by atoms with Crippen LogP contribution in [-0.4, -0.2) is 21.3 Å². The van der Waals surface area contributed by atoms with Gasteiger partial charge < -0.3 is 5.32 Å². The van der Waals surface area contributed by atoms with Gasteiger partial charge in [0.15, 0.2) is 0 Å². The average Bonchev–Trinajstić information content (AvgIpc) is 3.13. The smallest absolute Gasteiger partial charge is 0.125 e. The molecule has 0 saturated heterocycles. The van der Waals surface area contributed by atoms with Gasteiger partial charge in [-0.3, -0.25) is 4.98 Å². The van der Waals surface area contributed by atoms with Gasteiger partial charge >= 0.3 is 0 Å². The van der Waals surface area contributed by atoms with Crippen LogP contribution in [0.3, 0.4) is 0 Å². The fourth-order valence-corrected chi connectivity index (χ4v) is 3.59. The molecule has 0 aromatic carbocycles. The highest BCUT2D eigenvalue weighted by Crippen LogP contribution is 2.34. The van der Waals surface area contributed by atoms with E-state index in [1.54, 1.807) is 11.3 Å². The summed E-state index contributed by atoms with van der Waals surface area (Å²) in [4.78, 5) is 7.03. The molecule has 4 heterocycles. The lowest BCUT2D eigenvalue weighted by molar-refractivity contribution is 0.473. The molecule has 0 bridgehead atoms. The summed E-state index contributed by atoms with van der Waals surface area (Å²) in [6, 6.07) is 12.7. The molecule has 0 fully saturated rings. The van der Waals surface area contributed by atoms with Crippen LogP contribution < -0.4 is 5.32 Å². The van der Waals surface area contributed by atoms with Crippen molar-refractivity contribution in [2.45, 2.75) is 19.4 Å². The summed E-state index contributed by atoms with van der Waals surface area (Å²) in [7, 11) is 0. The van der Waals surface area contributed by atoms with E-state index in [0.717, 1.165) is 30.2 Å². The predicted molar refractivity (Wildman–Crippen MR) is 85.8 cm³/mol. The van der Waals surface area contributed by atoms with Crippen molar-refractivity contribution in [2.75, 3.05) is 11.9 Å². The molecule has 106 valence electrons. The van der Waals surface area contributed by atoms with Crippen LogP contribution in [0.15, 0.2) is 42.6 Å². The first-order valence-electron chi connectivity index (χ1n) is 7.12. The first-order valence-corrected chi connectivity index (χ1v) is 7.94. The second-order valence-corrected chi connectivity index (χ2v) is 6.54. The second-order valence-electron chi connectivity index (χ2n) is 5.26. The van der Waals surface area contributed by atoms with Crippen molar-refractivity contribution in [2.24, 2.45) is 0 Å². The summed E-state index contributed by atoms with van der Waals surface area (Å²) in [6.45, 7) is 3.08. The van der Waals surface area contributed by atoms with Gasteiger partial charge in [0.1, 0.15) is 11.5 Å². The molecule has 1 N–H and O–H groups in total. The molecule has 0 radical (unpaired) electrons. The molecule has 3 aromatic heterocycles. The van der Waals surface area contributed by atoms with Crippen LogP contribution in [0.5, 0.6) is 0 Å². The summed E-state index contributed by atoms with van der Waals surface area (Å²) in [5.74, 6) is 1.08. The Kier molecular flexibility index (Phi) is 3.00. The Morgan fingerprint density at radius 3 is 3.00 bits per heavy atom. The molecule has 0 amide bonds. The summed E-state index contributed by atoms with van der Waals surface area (Å²) in [5.41, 5.74) is 2.12. The van der Waals surface area contributed by atoms with Crippen LogP contribution in [0.2, 0.25) is 0 Å². The number of aromatic nitrogens is 3. The highest BCUT2D eigenvalue weighted by atomic mass is 32.1. The Balaban J connectivity index is 1.76. The lowest BCUT2D eigenvalue weighted by atomic mass is 10.1. The number of nitrogens with zero attached hydrogens (tertiary/aromatic N) is 3. The number of hydrogen-bond acceptors (Lipinski definition) is 4. The van der Waals surface area contributed by atoms with Crippen LogP contribution in [0.25, 0.3) is 10.6 Å². The Morgan fingerprint density at radius 2 is 2.24 bits per heavy atom. The third-order valence-electron chi connectivity index (χ3n) is 3.78. The summed E-state index contributed by atoms with van der Waals surface area (Å²) < 4.78 is 2.08. The molecular weight excluding hydrogens is 280 g/mol. The molecule has 0 saturated carbocycles. The minimum atomic E-state index is 0.220. The summed E-state index contributed by atoms with van der Waals surface area (Å²) >= 11 is 1.78. The maximum atomic E-state index is 4.82. The van der Waals surface area contributed by atoms with Crippen molar-refractivity contribution in [3.8, 4) is 10.6 Å². The van der Waals surface area contributed by atoms with Gasteiger partial charge in [0.25, 0.3) is 0 Å². The van der Waals surface area contributed by atoms with E-state index < -0.39 is 0 Å². The zero-order chi connectivity index (χ0) is 14.2. The fourth-order valence-electron chi connectivity index (χ4n) is 2.76. The Morgan fingerprint density at radius 1 is 1.29 bits per heavy atom. The third-order valence-corrected chi connectivity index (χ3v) is 4.80. The largest absolute Gasteiger partial charge is 0.370 e. The van der Waals surface area contributed by atoms with Gasteiger partial charge in [-0.25, -0.2) is 4.68 Å². The molecule has 1 aliphatic heterocycles. The molecule has 5 heteroatoms. The normalized spacial score (nSPS) is 17.3. The summed E-state index contributed by atoms with van der Waals surface area (Å²) in [5, 5.41) is 8.25. The van der Waals surface area contributed by atoms with Gasteiger partial charge in [-0.2, -0.15) is 5.10 Å². The zero-order valence-electron chi connectivity index (χ0n) is 11.8. The Hall–Kier alpha value is -2.14. The number of nitrogens with one attached hydrogen (secondary N) is 1. The van der Waals surface area contributed by atoms with Gasteiger partial charge in [-0.05, 0) is 37.6 Å². The van der Waals surface area contributed by atoms with E-state index in [-0.39, 0.29) is 6.04 Å². The van der Waals surface area contributed by atoms with Crippen LogP contribution >= 0.6 is 11.3 Å². The highest BCUT2D eigenvalue weighted by Gasteiger charge is 2.24. The number of anilines is 1. The predicted octanol–water partition coefficient (Wildman–Crippen LogP) is 3.72. The van der Waals surface area contributed by atoms with E-state index >= 15 is 0 Å². The standard InChI is InChI=1S/C16H16N4S/c1-11-5-6-15(21-11)13-10-16-18-9-7-14(20(16)19-13)12-4-2-3-8-17-12/h2-6,8,10,14,18H,7,9H2,1H3. The maximum absolute atomic E-state index is 4.82. The average molecular weight is 296 g/mol. The molecule has 0 aliphatic carbocycles. The van der Waals surface area contributed by atoms with Crippen molar-refractivity contribution >= 4 is 17.2 Å². The van der Waals surface area contributed by atoms with Crippen molar-refractivity contribution in [3.05, 3.63) is 53.2 Å². The number of aryl methyl sites for hydroxylation is 1. The molecule has 1 unspecified atom stereocenters. The first-order chi connectivity index (χ1) is 10.3. The van der Waals surface area contributed by atoms with Crippen molar-refractivity contribution < 1.29 is 0 Å². The Bertz CT molecular complexity index is 760. The molecule has 4 nitrogen and oxygen atoms in total. The van der Waals surface area contributed by atoms with Crippen molar-refractivity contribution in [1.82, 2.24) is 14.8 Å². The second kappa shape index (κ2) is 5.00. The number of hydrogen-bond donors (Lipinski definition) is 1. The minimum Gasteiger partial charge on any atom is -0.370 e. The van der Waals surface area contributed by atoms with Crippen molar-refractivity contribution in [1.29, 1.82) is 0 Å². The van der Waals surface area contributed by atoms with E-state index in [9.17, 15) is 0 Å². The number of pyridine rings is 1. The van der Waals surface area contributed by atoms with Gasteiger partial charge in [0.2, 0.25) is 0 Å². The summed E-state index contributed by atoms with van der Waals surface area (Å²) in [6.07, 6.45) is 2.86. The highest BCUT2D eigenvalue weighted by molar-refractivity contribution is 7.15. The van der Waals surface area contributed by atoms with E-state index in [1.807, 2.05) is 18.3 Å². The number of rotatable bonds is 2. The van der Waals surface area contributed by atoms with Crippen LogP contribution in [0.4, 0.5) is 5.82 Å². The quantitative estimate of drug-likeness (QED) is 0.783. The number of fused-ring (bicyclic) bond motifs is 1. The van der Waals surface area contributed by atoms with E-state index in [0.29, 0.717) is 0 Å². The van der Waals surface area contributed by atoms with Crippen molar-refractivity contribution in [3.63, 3.8) is 0 Å². The minimum absolute atomic E-state index is 0.220. The van der Waals surface area contributed by atoms with Crippen LogP contribution in [0, 0.1) is 6.92 Å². The van der Waals surface area contributed by atoms with Gasteiger partial charge in [-0.1, -0.05) is 6.07 Å². The van der Waals surface area contributed by atoms with Gasteiger partial charge in [-0.15, -0.1) is 11.3 Å². The van der Waals surface area contributed by atoms with Crippen LogP contribution in [0.1, 0.15) is 23.0 Å². The van der Waals surface area contributed by atoms with E-state index in [2.05, 4.69) is 46.2 Å². The molecule has 1 atom stereocenters. The molecule has 3 aromatic rings. The SMILES string of the molecule is Cc1ccc(-c2cc3n(n2)C(c2ccccn2)CCN3)s1. The first kappa shape index (κ1) is 12.6.